The molecule has 106 valence electrons. The van der Waals surface area contributed by atoms with Crippen LogP contribution in [-0.2, 0) is 0 Å². The Morgan fingerprint density at radius 2 is 2.32 bits per heavy atom. The Kier molecular flexibility index (Phi) is 5.84. The summed E-state index contributed by atoms with van der Waals surface area (Å²) in [6.07, 6.45) is 2.90. The molecule has 0 aliphatic carbocycles. The van der Waals surface area contributed by atoms with E-state index in [2.05, 4.69) is 10.4 Å². The lowest BCUT2D eigenvalue weighted by Gasteiger charge is -2.27. The van der Waals surface area contributed by atoms with E-state index >= 15 is 0 Å². The van der Waals surface area contributed by atoms with Gasteiger partial charge in [0.05, 0.1) is 4.92 Å². The van der Waals surface area contributed by atoms with Crippen molar-refractivity contribution in [3.05, 3.63) is 22.2 Å². The Morgan fingerprint density at radius 3 is 2.79 bits per heavy atom. The summed E-state index contributed by atoms with van der Waals surface area (Å²) in [5, 5.41) is 11.1. The molecular weight excluding hydrogens is 266 g/mol. The van der Waals surface area contributed by atoms with Crippen LogP contribution in [-0.4, -0.2) is 35.0 Å². The SMILES string of the molecule is CCC(CSC)N(C)c1nc(NN)ccc1[N+](=O)[O-]. The second kappa shape index (κ2) is 7.15. The Bertz CT molecular complexity index is 443. The number of thioether (sulfide) groups is 1. The van der Waals surface area contributed by atoms with Crippen molar-refractivity contribution < 1.29 is 4.92 Å². The van der Waals surface area contributed by atoms with Gasteiger partial charge in [0.15, 0.2) is 0 Å². The van der Waals surface area contributed by atoms with E-state index in [0.29, 0.717) is 11.6 Å². The summed E-state index contributed by atoms with van der Waals surface area (Å²) in [5.41, 5.74) is 2.40. The van der Waals surface area contributed by atoms with Gasteiger partial charge in [0.2, 0.25) is 5.82 Å². The van der Waals surface area contributed by atoms with Gasteiger partial charge in [-0.2, -0.15) is 11.8 Å². The molecule has 0 radical (unpaired) electrons. The zero-order valence-corrected chi connectivity index (χ0v) is 12.1. The number of hydrogen-bond acceptors (Lipinski definition) is 7. The van der Waals surface area contributed by atoms with E-state index in [0.717, 1.165) is 12.2 Å². The number of hydrazine groups is 1. The van der Waals surface area contributed by atoms with E-state index in [1.807, 2.05) is 25.1 Å². The number of nitrogens with two attached hydrogens (primary N) is 1. The third-order valence-electron chi connectivity index (χ3n) is 2.91. The van der Waals surface area contributed by atoms with Crippen molar-refractivity contribution in [2.45, 2.75) is 19.4 Å². The van der Waals surface area contributed by atoms with Gasteiger partial charge < -0.3 is 10.3 Å². The minimum atomic E-state index is -0.426. The normalized spacial score (nSPS) is 12.0. The van der Waals surface area contributed by atoms with Gasteiger partial charge in [-0.05, 0) is 18.7 Å². The number of nitrogens with one attached hydrogen (secondary N) is 1. The number of anilines is 2. The van der Waals surface area contributed by atoms with Crippen molar-refractivity contribution in [2.75, 3.05) is 29.4 Å². The van der Waals surface area contributed by atoms with Gasteiger partial charge in [0.25, 0.3) is 0 Å². The monoisotopic (exact) mass is 285 g/mol. The summed E-state index contributed by atoms with van der Waals surface area (Å²) in [7, 11) is 1.82. The molecule has 1 heterocycles. The Labute approximate surface area is 116 Å². The predicted molar refractivity (Wildman–Crippen MR) is 79.6 cm³/mol. The molecule has 0 saturated carbocycles. The fraction of sp³-hybridized carbons (Fsp3) is 0.545. The van der Waals surface area contributed by atoms with Gasteiger partial charge in [-0.1, -0.05) is 6.92 Å². The minimum Gasteiger partial charge on any atom is -0.350 e. The largest absolute Gasteiger partial charge is 0.350 e. The van der Waals surface area contributed by atoms with Crippen molar-refractivity contribution in [3.63, 3.8) is 0 Å². The first-order valence-electron chi connectivity index (χ1n) is 5.88. The van der Waals surface area contributed by atoms with Crippen molar-refractivity contribution >= 4 is 29.1 Å². The molecule has 1 aromatic rings. The Balaban J connectivity index is 3.17. The lowest BCUT2D eigenvalue weighted by atomic mass is 10.2. The molecule has 7 nitrogen and oxygen atoms in total. The number of hydrogen-bond donors (Lipinski definition) is 2. The van der Waals surface area contributed by atoms with Gasteiger partial charge in [-0.15, -0.1) is 0 Å². The molecule has 0 aromatic carbocycles. The molecule has 0 fully saturated rings. The highest BCUT2D eigenvalue weighted by Gasteiger charge is 2.23. The van der Waals surface area contributed by atoms with Gasteiger partial charge in [0.1, 0.15) is 5.82 Å². The standard InChI is InChI=1S/C11H19N5O2S/c1-4-8(7-19-3)15(2)11-9(16(17)18)5-6-10(13-11)14-12/h5-6,8H,4,7,12H2,1-3H3,(H,13,14). The fourth-order valence-electron chi connectivity index (χ4n) is 1.79. The van der Waals surface area contributed by atoms with Crippen molar-refractivity contribution in [2.24, 2.45) is 5.84 Å². The maximum Gasteiger partial charge on any atom is 0.311 e. The average Bonchev–Trinajstić information content (AvgIpc) is 2.43. The second-order valence-corrected chi connectivity index (χ2v) is 4.98. The van der Waals surface area contributed by atoms with Crippen LogP contribution in [0.3, 0.4) is 0 Å². The van der Waals surface area contributed by atoms with Crippen LogP contribution in [0.4, 0.5) is 17.3 Å². The van der Waals surface area contributed by atoms with Crippen LogP contribution in [0.2, 0.25) is 0 Å². The number of pyridine rings is 1. The van der Waals surface area contributed by atoms with Gasteiger partial charge in [-0.3, -0.25) is 10.1 Å². The van der Waals surface area contributed by atoms with Crippen LogP contribution in [0, 0.1) is 10.1 Å². The zero-order valence-electron chi connectivity index (χ0n) is 11.3. The summed E-state index contributed by atoms with van der Waals surface area (Å²) in [6.45, 7) is 2.05. The summed E-state index contributed by atoms with van der Waals surface area (Å²) in [5.74, 6) is 6.93. The lowest BCUT2D eigenvalue weighted by molar-refractivity contribution is -0.384. The molecule has 8 heteroatoms. The van der Waals surface area contributed by atoms with E-state index in [1.54, 1.807) is 11.8 Å². The zero-order chi connectivity index (χ0) is 14.4. The highest BCUT2D eigenvalue weighted by Crippen LogP contribution is 2.29. The highest BCUT2D eigenvalue weighted by molar-refractivity contribution is 7.98. The van der Waals surface area contributed by atoms with Crippen LogP contribution in [0.1, 0.15) is 13.3 Å². The first-order chi connectivity index (χ1) is 9.04. The molecule has 0 saturated heterocycles. The topological polar surface area (TPSA) is 97.3 Å². The number of aromatic nitrogens is 1. The molecule has 0 amide bonds. The van der Waals surface area contributed by atoms with Gasteiger partial charge in [-0.25, -0.2) is 10.8 Å². The van der Waals surface area contributed by atoms with E-state index in [9.17, 15) is 10.1 Å². The van der Waals surface area contributed by atoms with E-state index < -0.39 is 4.92 Å². The van der Waals surface area contributed by atoms with E-state index in [1.165, 1.54) is 12.1 Å². The average molecular weight is 285 g/mol. The summed E-state index contributed by atoms with van der Waals surface area (Å²) in [6, 6.07) is 3.10. The first kappa shape index (κ1) is 15.5. The highest BCUT2D eigenvalue weighted by atomic mass is 32.2. The quantitative estimate of drug-likeness (QED) is 0.448. The number of nitro groups is 1. The maximum absolute atomic E-state index is 11.1. The molecule has 0 aliphatic heterocycles. The molecule has 0 spiro atoms. The Hall–Kier alpha value is -1.54. The molecule has 1 aromatic heterocycles. The third kappa shape index (κ3) is 3.71. The summed E-state index contributed by atoms with van der Waals surface area (Å²) >= 11 is 1.70. The molecular formula is C11H19N5O2S. The Morgan fingerprint density at radius 1 is 1.63 bits per heavy atom. The van der Waals surface area contributed by atoms with Gasteiger partial charge in [0, 0.05) is 24.9 Å². The lowest BCUT2D eigenvalue weighted by Crippen LogP contribution is -2.34. The van der Waals surface area contributed by atoms with Crippen LogP contribution in [0.15, 0.2) is 12.1 Å². The van der Waals surface area contributed by atoms with Crippen LogP contribution >= 0.6 is 11.8 Å². The molecule has 0 bridgehead atoms. The van der Waals surface area contributed by atoms with Crippen molar-refractivity contribution in [1.82, 2.24) is 4.98 Å². The number of rotatable bonds is 7. The van der Waals surface area contributed by atoms with Crippen LogP contribution in [0.5, 0.6) is 0 Å². The smallest absolute Gasteiger partial charge is 0.311 e. The molecule has 19 heavy (non-hydrogen) atoms. The van der Waals surface area contributed by atoms with E-state index in [-0.39, 0.29) is 11.7 Å². The summed E-state index contributed by atoms with van der Waals surface area (Å²) < 4.78 is 0. The summed E-state index contributed by atoms with van der Waals surface area (Å²) in [4.78, 5) is 16.7. The van der Waals surface area contributed by atoms with Gasteiger partial charge >= 0.3 is 5.69 Å². The second-order valence-electron chi connectivity index (χ2n) is 4.07. The maximum atomic E-state index is 11.1. The minimum absolute atomic E-state index is 0.0129. The molecule has 1 atom stereocenters. The van der Waals surface area contributed by atoms with Crippen LogP contribution < -0.4 is 16.2 Å². The molecule has 3 N–H and O–H groups in total. The van der Waals surface area contributed by atoms with Crippen molar-refractivity contribution in [1.29, 1.82) is 0 Å². The number of nitrogens with zero attached hydrogens (tertiary/aromatic N) is 3. The third-order valence-corrected chi connectivity index (χ3v) is 3.63. The first-order valence-corrected chi connectivity index (χ1v) is 7.28. The molecule has 1 rings (SSSR count). The van der Waals surface area contributed by atoms with Crippen LogP contribution in [0.25, 0.3) is 0 Å². The fourth-order valence-corrected chi connectivity index (χ4v) is 2.64. The predicted octanol–water partition coefficient (Wildman–Crippen LogP) is 1.85. The number of nitrogen functional groups attached to an aromatic ring is 1. The molecule has 0 aliphatic rings. The molecule has 1 unspecified atom stereocenters. The van der Waals surface area contributed by atoms with Crippen molar-refractivity contribution in [3.8, 4) is 0 Å². The van der Waals surface area contributed by atoms with E-state index in [4.69, 9.17) is 5.84 Å².